The van der Waals surface area contributed by atoms with Crippen molar-refractivity contribution in [2.45, 2.75) is 13.5 Å². The van der Waals surface area contributed by atoms with E-state index >= 15 is 0 Å². The number of phenols is 1. The zero-order chi connectivity index (χ0) is 18.1. The van der Waals surface area contributed by atoms with Crippen molar-refractivity contribution in [3.8, 4) is 5.75 Å². The quantitative estimate of drug-likeness (QED) is 0.703. The summed E-state index contributed by atoms with van der Waals surface area (Å²) in [6.45, 7) is 6.48. The fourth-order valence-electron chi connectivity index (χ4n) is 3.53. The van der Waals surface area contributed by atoms with E-state index in [-0.39, 0.29) is 0 Å². The number of hydrogen-bond donors (Lipinski definition) is 1. The van der Waals surface area contributed by atoms with Crippen molar-refractivity contribution in [1.82, 2.24) is 9.88 Å². The van der Waals surface area contributed by atoms with Crippen LogP contribution in [0.3, 0.4) is 0 Å². The zero-order valence-corrected chi connectivity index (χ0v) is 15.6. The van der Waals surface area contributed by atoms with Crippen LogP contribution in [-0.4, -0.2) is 41.2 Å². The number of benzene rings is 2. The number of aromatic hydroxyl groups is 1. The summed E-state index contributed by atoms with van der Waals surface area (Å²) in [6, 6.07) is 16.0. The van der Waals surface area contributed by atoms with Gasteiger partial charge in [-0.05, 0) is 36.8 Å². The maximum absolute atomic E-state index is 10.0. The molecule has 0 atom stereocenters. The molecule has 134 valence electrons. The van der Waals surface area contributed by atoms with Crippen LogP contribution in [-0.2, 0) is 6.54 Å². The lowest BCUT2D eigenvalue weighted by Gasteiger charge is -2.36. The lowest BCUT2D eigenvalue weighted by molar-refractivity contribution is 0.249. The van der Waals surface area contributed by atoms with E-state index < -0.39 is 0 Å². The Hall–Kier alpha value is -2.30. The third kappa shape index (κ3) is 3.48. The Morgan fingerprint density at radius 1 is 1.04 bits per heavy atom. The molecule has 0 aliphatic carbocycles. The van der Waals surface area contributed by atoms with Crippen molar-refractivity contribution in [3.63, 3.8) is 0 Å². The summed E-state index contributed by atoms with van der Waals surface area (Å²) in [5.41, 5.74) is 4.11. The van der Waals surface area contributed by atoms with Crippen LogP contribution in [0.15, 0.2) is 48.5 Å². The van der Waals surface area contributed by atoms with E-state index in [1.165, 1.54) is 5.56 Å². The van der Waals surface area contributed by atoms with Crippen LogP contribution >= 0.6 is 11.6 Å². The monoisotopic (exact) mass is 367 g/mol. The molecule has 4 nitrogen and oxygen atoms in total. The summed E-state index contributed by atoms with van der Waals surface area (Å²) in [7, 11) is 0. The van der Waals surface area contributed by atoms with Crippen LogP contribution in [0.4, 0.5) is 5.69 Å². The molecule has 4 rings (SSSR count). The fourth-order valence-corrected chi connectivity index (χ4v) is 3.73. The number of pyridine rings is 1. The van der Waals surface area contributed by atoms with Gasteiger partial charge in [0.25, 0.3) is 0 Å². The highest BCUT2D eigenvalue weighted by Crippen LogP contribution is 2.28. The molecule has 0 radical (unpaired) electrons. The van der Waals surface area contributed by atoms with E-state index in [9.17, 15) is 5.11 Å². The van der Waals surface area contributed by atoms with Gasteiger partial charge in [0.2, 0.25) is 0 Å². The number of halogens is 1. The maximum Gasteiger partial charge on any atom is 0.138 e. The summed E-state index contributed by atoms with van der Waals surface area (Å²) in [5, 5.41) is 11.8. The fraction of sp³-hybridized carbons (Fsp3) is 0.286. The molecule has 1 fully saturated rings. The molecule has 1 N–H and O–H groups in total. The molecule has 0 unspecified atom stereocenters. The van der Waals surface area contributed by atoms with Gasteiger partial charge in [0.05, 0.1) is 11.2 Å². The Balaban J connectivity index is 1.46. The van der Waals surface area contributed by atoms with Crippen molar-refractivity contribution in [2.75, 3.05) is 31.1 Å². The molecular formula is C21H22ClN3O. The van der Waals surface area contributed by atoms with E-state index in [1.54, 1.807) is 6.07 Å². The lowest BCUT2D eigenvalue weighted by Crippen LogP contribution is -2.46. The number of rotatable bonds is 3. The highest BCUT2D eigenvalue weighted by atomic mass is 35.5. The third-order valence-electron chi connectivity index (χ3n) is 4.99. The number of aromatic nitrogens is 1. The Labute approximate surface area is 158 Å². The second-order valence-corrected chi connectivity index (χ2v) is 7.24. The summed E-state index contributed by atoms with van der Waals surface area (Å²) in [5.74, 6) is 0.345. The van der Waals surface area contributed by atoms with Crippen LogP contribution in [0.2, 0.25) is 5.15 Å². The van der Waals surface area contributed by atoms with Crippen molar-refractivity contribution in [1.29, 1.82) is 0 Å². The summed E-state index contributed by atoms with van der Waals surface area (Å²) >= 11 is 6.44. The highest BCUT2D eigenvalue weighted by Gasteiger charge is 2.20. The minimum absolute atomic E-state index is 0.345. The first-order valence-electron chi connectivity index (χ1n) is 8.91. The first kappa shape index (κ1) is 17.1. The van der Waals surface area contributed by atoms with Gasteiger partial charge in [0.1, 0.15) is 10.9 Å². The number of aryl methyl sites for hydroxylation is 1. The Kier molecular flexibility index (Phi) is 4.70. The van der Waals surface area contributed by atoms with Crippen molar-refractivity contribution in [3.05, 3.63) is 64.8 Å². The molecule has 1 aliphatic heterocycles. The first-order chi connectivity index (χ1) is 12.6. The van der Waals surface area contributed by atoms with Crippen LogP contribution in [0.5, 0.6) is 5.75 Å². The van der Waals surface area contributed by atoms with Gasteiger partial charge in [-0.1, -0.05) is 35.9 Å². The van der Waals surface area contributed by atoms with Gasteiger partial charge in [-0.3, -0.25) is 4.90 Å². The average Bonchev–Trinajstić information content (AvgIpc) is 2.64. The number of anilines is 1. The van der Waals surface area contributed by atoms with Crippen molar-refractivity contribution in [2.24, 2.45) is 0 Å². The minimum Gasteiger partial charge on any atom is -0.506 e. The Morgan fingerprint density at radius 3 is 2.58 bits per heavy atom. The molecule has 1 aliphatic rings. The number of nitrogens with zero attached hydrogens (tertiary/aromatic N) is 3. The zero-order valence-electron chi connectivity index (χ0n) is 14.8. The van der Waals surface area contributed by atoms with Crippen molar-refractivity contribution < 1.29 is 5.11 Å². The molecule has 1 aromatic heterocycles. The third-order valence-corrected chi connectivity index (χ3v) is 5.32. The summed E-state index contributed by atoms with van der Waals surface area (Å²) in [6.07, 6.45) is 0. The molecule has 0 spiro atoms. The van der Waals surface area contributed by atoms with Crippen LogP contribution in [0.25, 0.3) is 10.9 Å². The predicted octanol–water partition coefficient (Wildman–Crippen LogP) is 4.22. The molecule has 1 saturated heterocycles. The normalized spacial score (nSPS) is 15.5. The predicted molar refractivity (Wildman–Crippen MR) is 107 cm³/mol. The number of para-hydroxylation sites is 2. The van der Waals surface area contributed by atoms with Gasteiger partial charge in [-0.25, -0.2) is 4.98 Å². The van der Waals surface area contributed by atoms with Gasteiger partial charge in [-0.2, -0.15) is 0 Å². The van der Waals surface area contributed by atoms with Crippen molar-refractivity contribution >= 4 is 28.2 Å². The molecule has 3 aromatic rings. The topological polar surface area (TPSA) is 39.6 Å². The SMILES string of the molecule is Cc1ccc2cc(CN3CCN(c4ccccc4O)CC3)c(Cl)nc2c1. The highest BCUT2D eigenvalue weighted by molar-refractivity contribution is 6.30. The largest absolute Gasteiger partial charge is 0.506 e. The van der Waals surface area contributed by atoms with Gasteiger partial charge in [-0.15, -0.1) is 0 Å². The Bertz CT molecular complexity index is 936. The molecular weight excluding hydrogens is 346 g/mol. The van der Waals surface area contributed by atoms with Gasteiger partial charge < -0.3 is 10.0 Å². The summed E-state index contributed by atoms with van der Waals surface area (Å²) in [4.78, 5) is 9.19. The van der Waals surface area contributed by atoms with Gasteiger partial charge >= 0.3 is 0 Å². The number of phenolic OH excluding ortho intramolecular Hbond substituents is 1. The van der Waals surface area contributed by atoms with Gasteiger partial charge in [0.15, 0.2) is 0 Å². The second-order valence-electron chi connectivity index (χ2n) is 6.89. The number of fused-ring (bicyclic) bond motifs is 1. The Morgan fingerprint density at radius 2 is 1.81 bits per heavy atom. The first-order valence-corrected chi connectivity index (χ1v) is 9.29. The average molecular weight is 368 g/mol. The van der Waals surface area contributed by atoms with E-state index in [1.807, 2.05) is 18.2 Å². The second kappa shape index (κ2) is 7.14. The van der Waals surface area contributed by atoms with Crippen LogP contribution in [0, 0.1) is 6.92 Å². The maximum atomic E-state index is 10.0. The summed E-state index contributed by atoms with van der Waals surface area (Å²) < 4.78 is 0. The lowest BCUT2D eigenvalue weighted by atomic mass is 10.1. The number of piperazine rings is 1. The molecule has 5 heteroatoms. The van der Waals surface area contributed by atoms with E-state index in [4.69, 9.17) is 11.6 Å². The molecule has 2 heterocycles. The minimum atomic E-state index is 0.345. The number of hydrogen-bond acceptors (Lipinski definition) is 4. The smallest absolute Gasteiger partial charge is 0.138 e. The van der Waals surface area contributed by atoms with E-state index in [2.05, 4.69) is 46.0 Å². The molecule has 0 saturated carbocycles. The van der Waals surface area contributed by atoms with Crippen LogP contribution < -0.4 is 4.90 Å². The molecule has 26 heavy (non-hydrogen) atoms. The molecule has 0 bridgehead atoms. The van der Waals surface area contributed by atoms with E-state index in [0.717, 1.165) is 54.9 Å². The standard InChI is InChI=1S/C21H22ClN3O/c1-15-6-7-16-13-17(21(22)23-18(16)12-15)14-24-8-10-25(11-9-24)19-4-2-3-5-20(19)26/h2-7,12-13,26H,8-11,14H2,1H3. The molecule has 0 amide bonds. The van der Waals surface area contributed by atoms with Crippen LogP contribution in [0.1, 0.15) is 11.1 Å². The molecule has 2 aromatic carbocycles. The van der Waals surface area contributed by atoms with E-state index in [0.29, 0.717) is 10.9 Å². The van der Waals surface area contributed by atoms with Gasteiger partial charge in [0, 0.05) is 43.7 Å².